The Labute approximate surface area is 140 Å². The van der Waals surface area contributed by atoms with E-state index < -0.39 is 0 Å². The molecule has 0 atom stereocenters. The molecule has 0 unspecified atom stereocenters. The summed E-state index contributed by atoms with van der Waals surface area (Å²) in [6.07, 6.45) is 7.80. The zero-order valence-electron chi connectivity index (χ0n) is 12.8. The lowest BCUT2D eigenvalue weighted by molar-refractivity contribution is -0.0135. The zero-order valence-corrected chi connectivity index (χ0v) is 14.4. The molecule has 0 radical (unpaired) electrons. The van der Waals surface area contributed by atoms with Crippen LogP contribution in [0, 0.1) is 17.8 Å². The van der Waals surface area contributed by atoms with Gasteiger partial charge in [0.15, 0.2) is 0 Å². The number of nitrogens with one attached hydrogen (secondary N) is 2. The van der Waals surface area contributed by atoms with Crippen molar-refractivity contribution in [3.63, 3.8) is 0 Å². The zero-order chi connectivity index (χ0) is 15.2. The predicted molar refractivity (Wildman–Crippen MR) is 90.4 cm³/mol. The molecular weight excluding hydrogens is 340 g/mol. The van der Waals surface area contributed by atoms with Gasteiger partial charge in [-0.3, -0.25) is 0 Å². The second-order valence-corrected chi connectivity index (χ2v) is 8.55. The fraction of sp³-hybridized carbons (Fsp3) is 0.611. The molecule has 2 N–H and O–H groups in total. The largest absolute Gasteiger partial charge is 0.334 e. The molecule has 1 aromatic rings. The molecule has 4 heteroatoms. The highest BCUT2D eigenvalue weighted by molar-refractivity contribution is 9.10. The first-order valence-corrected chi connectivity index (χ1v) is 9.20. The fourth-order valence-corrected chi connectivity index (χ4v) is 5.82. The molecule has 118 valence electrons. The Morgan fingerprint density at radius 1 is 1.14 bits per heavy atom. The maximum absolute atomic E-state index is 12.4. The van der Waals surface area contributed by atoms with E-state index in [9.17, 15) is 4.79 Å². The van der Waals surface area contributed by atoms with Gasteiger partial charge in [-0.05, 0) is 74.0 Å². The summed E-state index contributed by atoms with van der Waals surface area (Å²) in [6, 6.07) is 8.08. The van der Waals surface area contributed by atoms with Crippen LogP contribution in [0.5, 0.6) is 0 Å². The first kappa shape index (κ1) is 14.6. The molecule has 4 fully saturated rings. The molecular formula is C18H23BrN2O. The van der Waals surface area contributed by atoms with Gasteiger partial charge >= 0.3 is 6.03 Å². The Morgan fingerprint density at radius 2 is 1.77 bits per heavy atom. The number of hydrogen-bond acceptors (Lipinski definition) is 1. The quantitative estimate of drug-likeness (QED) is 0.830. The van der Waals surface area contributed by atoms with Gasteiger partial charge < -0.3 is 10.6 Å². The van der Waals surface area contributed by atoms with Crippen LogP contribution < -0.4 is 10.6 Å². The van der Waals surface area contributed by atoms with E-state index >= 15 is 0 Å². The standard InChI is InChI=1S/C18H23BrN2O/c19-16-3-1-2-12(7-16)11-20-17(22)21-18-8-13-4-14(9-18)6-15(5-13)10-18/h1-3,7,13-15H,4-6,8-11H2,(H2,20,21,22). The highest BCUT2D eigenvalue weighted by Crippen LogP contribution is 2.55. The van der Waals surface area contributed by atoms with Gasteiger partial charge in [-0.1, -0.05) is 28.1 Å². The van der Waals surface area contributed by atoms with Crippen molar-refractivity contribution in [1.29, 1.82) is 0 Å². The maximum Gasteiger partial charge on any atom is 0.315 e. The third-order valence-electron chi connectivity index (χ3n) is 5.76. The Kier molecular flexibility index (Phi) is 3.67. The molecule has 4 aliphatic rings. The van der Waals surface area contributed by atoms with E-state index in [1.54, 1.807) is 0 Å². The van der Waals surface area contributed by atoms with Crippen molar-refractivity contribution >= 4 is 22.0 Å². The Morgan fingerprint density at radius 3 is 2.36 bits per heavy atom. The van der Waals surface area contributed by atoms with E-state index in [4.69, 9.17) is 0 Å². The summed E-state index contributed by atoms with van der Waals surface area (Å²) in [5.74, 6) is 2.57. The van der Waals surface area contributed by atoms with Gasteiger partial charge in [-0.2, -0.15) is 0 Å². The van der Waals surface area contributed by atoms with Crippen LogP contribution in [0.15, 0.2) is 28.7 Å². The molecule has 0 heterocycles. The van der Waals surface area contributed by atoms with Crippen LogP contribution in [0.25, 0.3) is 0 Å². The first-order chi connectivity index (χ1) is 10.6. The number of hydrogen-bond donors (Lipinski definition) is 2. The number of benzene rings is 1. The van der Waals surface area contributed by atoms with Gasteiger partial charge in [-0.25, -0.2) is 4.79 Å². The van der Waals surface area contributed by atoms with Crippen LogP contribution >= 0.6 is 15.9 Å². The highest BCUT2D eigenvalue weighted by Gasteiger charge is 2.51. The Balaban J connectivity index is 1.36. The summed E-state index contributed by atoms with van der Waals surface area (Å²) in [5, 5.41) is 6.38. The summed E-state index contributed by atoms with van der Waals surface area (Å²) in [7, 11) is 0. The van der Waals surface area contributed by atoms with Crippen LogP contribution in [0.3, 0.4) is 0 Å². The molecule has 5 rings (SSSR count). The topological polar surface area (TPSA) is 41.1 Å². The molecule has 0 aliphatic heterocycles. The maximum atomic E-state index is 12.4. The molecule has 22 heavy (non-hydrogen) atoms. The monoisotopic (exact) mass is 362 g/mol. The molecule has 1 aromatic carbocycles. The minimum Gasteiger partial charge on any atom is -0.334 e. The summed E-state index contributed by atoms with van der Waals surface area (Å²) >= 11 is 3.47. The second kappa shape index (κ2) is 5.55. The first-order valence-electron chi connectivity index (χ1n) is 8.41. The fourth-order valence-electron chi connectivity index (χ4n) is 5.38. The summed E-state index contributed by atoms with van der Waals surface area (Å²) in [5.41, 5.74) is 1.21. The highest BCUT2D eigenvalue weighted by atomic mass is 79.9. The lowest BCUT2D eigenvalue weighted by atomic mass is 9.53. The summed E-state index contributed by atoms with van der Waals surface area (Å²) < 4.78 is 1.05. The number of carbonyl (C=O) groups excluding carboxylic acids is 1. The predicted octanol–water partition coefficient (Wildman–Crippen LogP) is 4.22. The Bertz CT molecular complexity index is 551. The van der Waals surface area contributed by atoms with Crippen LogP contribution in [-0.2, 0) is 6.54 Å². The second-order valence-electron chi connectivity index (χ2n) is 7.64. The van der Waals surface area contributed by atoms with Gasteiger partial charge in [0.05, 0.1) is 0 Å². The average molecular weight is 363 g/mol. The number of urea groups is 1. The van der Waals surface area contributed by atoms with Gasteiger partial charge in [0.2, 0.25) is 0 Å². The molecule has 4 saturated carbocycles. The van der Waals surface area contributed by atoms with Gasteiger partial charge in [0.1, 0.15) is 0 Å². The van der Waals surface area contributed by atoms with Crippen molar-refractivity contribution in [3.05, 3.63) is 34.3 Å². The molecule has 4 aliphatic carbocycles. The van der Waals surface area contributed by atoms with E-state index in [0.29, 0.717) is 6.54 Å². The molecule has 2 amide bonds. The van der Waals surface area contributed by atoms with E-state index in [1.807, 2.05) is 24.3 Å². The van der Waals surface area contributed by atoms with E-state index in [-0.39, 0.29) is 11.6 Å². The van der Waals surface area contributed by atoms with E-state index in [1.165, 1.54) is 38.5 Å². The SMILES string of the molecule is O=C(NCc1cccc(Br)c1)NC12CC3CC(CC(C3)C1)C2. The van der Waals surface area contributed by atoms with Crippen molar-refractivity contribution in [2.24, 2.45) is 17.8 Å². The van der Waals surface area contributed by atoms with Gasteiger partial charge in [0.25, 0.3) is 0 Å². The van der Waals surface area contributed by atoms with Crippen LogP contribution in [-0.4, -0.2) is 11.6 Å². The van der Waals surface area contributed by atoms with Gasteiger partial charge in [-0.15, -0.1) is 0 Å². The third-order valence-corrected chi connectivity index (χ3v) is 6.25. The number of halogens is 1. The Hall–Kier alpha value is -1.03. The molecule has 0 saturated heterocycles. The number of amides is 2. The minimum atomic E-state index is 0.00178. The van der Waals surface area contributed by atoms with Gasteiger partial charge in [0, 0.05) is 16.6 Å². The van der Waals surface area contributed by atoms with Crippen LogP contribution in [0.4, 0.5) is 4.79 Å². The lowest BCUT2D eigenvalue weighted by Gasteiger charge is -2.56. The van der Waals surface area contributed by atoms with Crippen LogP contribution in [0.1, 0.15) is 44.1 Å². The molecule has 0 spiro atoms. The molecule has 0 aromatic heterocycles. The van der Waals surface area contributed by atoms with Crippen molar-refractivity contribution in [2.45, 2.75) is 50.6 Å². The molecule has 3 nitrogen and oxygen atoms in total. The summed E-state index contributed by atoms with van der Waals surface area (Å²) in [6.45, 7) is 0.581. The van der Waals surface area contributed by atoms with Crippen molar-refractivity contribution in [1.82, 2.24) is 10.6 Å². The van der Waals surface area contributed by atoms with Crippen molar-refractivity contribution < 1.29 is 4.79 Å². The van der Waals surface area contributed by atoms with Crippen molar-refractivity contribution in [3.8, 4) is 0 Å². The lowest BCUT2D eigenvalue weighted by Crippen LogP contribution is -2.61. The number of carbonyl (C=O) groups is 1. The number of rotatable bonds is 3. The van der Waals surface area contributed by atoms with E-state index in [0.717, 1.165) is 27.8 Å². The minimum absolute atomic E-state index is 0.00178. The van der Waals surface area contributed by atoms with Crippen molar-refractivity contribution in [2.75, 3.05) is 0 Å². The average Bonchev–Trinajstić information content (AvgIpc) is 2.43. The van der Waals surface area contributed by atoms with E-state index in [2.05, 4.69) is 26.6 Å². The van der Waals surface area contributed by atoms with Crippen LogP contribution in [0.2, 0.25) is 0 Å². The smallest absolute Gasteiger partial charge is 0.315 e. The summed E-state index contributed by atoms with van der Waals surface area (Å²) in [4.78, 5) is 12.4. The third kappa shape index (κ3) is 2.90. The normalized spacial score (nSPS) is 35.4. The molecule has 4 bridgehead atoms.